The van der Waals surface area contributed by atoms with Crippen LogP contribution in [-0.4, -0.2) is 23.6 Å². The van der Waals surface area contributed by atoms with Crippen LogP contribution in [0.5, 0.6) is 0 Å². The van der Waals surface area contributed by atoms with Crippen molar-refractivity contribution in [2.24, 2.45) is 0 Å². The normalized spacial score (nSPS) is 10.5. The van der Waals surface area contributed by atoms with E-state index in [1.165, 1.54) is 5.56 Å². The molecule has 3 aromatic rings. The molecule has 0 atom stereocenters. The highest BCUT2D eigenvalue weighted by Crippen LogP contribution is 2.23. The minimum Gasteiger partial charge on any atom is -0.370 e. The molecule has 3 rings (SSSR count). The minimum absolute atomic E-state index is 0.745. The Labute approximate surface area is 153 Å². The zero-order valence-electron chi connectivity index (χ0n) is 14.4. The molecule has 2 aromatic carbocycles. The molecule has 1 N–H and O–H groups in total. The molecule has 4 nitrogen and oxygen atoms in total. The molecule has 0 saturated carbocycles. The van der Waals surface area contributed by atoms with Gasteiger partial charge in [-0.05, 0) is 43.2 Å². The Kier molecular flexibility index (Phi) is 5.51. The average molecular weight is 353 g/mol. The van der Waals surface area contributed by atoms with Gasteiger partial charge in [-0.2, -0.15) is 0 Å². The quantitative estimate of drug-likeness (QED) is 0.687. The number of anilines is 3. The highest BCUT2D eigenvalue weighted by molar-refractivity contribution is 6.30. The van der Waals surface area contributed by atoms with Crippen LogP contribution in [0.2, 0.25) is 5.02 Å². The molecule has 0 saturated heterocycles. The highest BCUT2D eigenvalue weighted by Gasteiger charge is 2.08. The number of benzene rings is 2. The van der Waals surface area contributed by atoms with Crippen molar-refractivity contribution in [1.82, 2.24) is 9.97 Å². The van der Waals surface area contributed by atoms with E-state index in [-0.39, 0.29) is 0 Å². The van der Waals surface area contributed by atoms with Crippen LogP contribution in [-0.2, 0) is 6.42 Å². The van der Waals surface area contributed by atoms with Crippen molar-refractivity contribution in [2.75, 3.05) is 23.8 Å². The predicted octanol–water partition coefficient (Wildman–Crippen LogP) is 4.86. The lowest BCUT2D eigenvalue weighted by atomic mass is 10.1. The van der Waals surface area contributed by atoms with E-state index < -0.39 is 0 Å². The van der Waals surface area contributed by atoms with E-state index in [0.29, 0.717) is 0 Å². The number of nitrogens with one attached hydrogen (secondary N) is 1. The number of halogens is 1. The summed E-state index contributed by atoms with van der Waals surface area (Å²) in [5, 5.41) is 4.15. The second-order valence-electron chi connectivity index (χ2n) is 5.86. The third-order valence-corrected chi connectivity index (χ3v) is 4.20. The van der Waals surface area contributed by atoms with E-state index in [4.69, 9.17) is 11.6 Å². The van der Waals surface area contributed by atoms with Gasteiger partial charge in [0.25, 0.3) is 0 Å². The fourth-order valence-electron chi connectivity index (χ4n) is 2.58. The van der Waals surface area contributed by atoms with Gasteiger partial charge in [0.2, 0.25) is 0 Å². The Morgan fingerprint density at radius 3 is 2.44 bits per heavy atom. The third kappa shape index (κ3) is 4.70. The Bertz CT molecular complexity index is 819. The van der Waals surface area contributed by atoms with Crippen molar-refractivity contribution in [3.8, 4) is 0 Å². The van der Waals surface area contributed by atoms with E-state index in [1.54, 1.807) is 0 Å². The molecule has 0 aliphatic rings. The maximum Gasteiger partial charge on any atom is 0.138 e. The van der Waals surface area contributed by atoms with Crippen LogP contribution in [0.15, 0.2) is 60.7 Å². The van der Waals surface area contributed by atoms with Crippen LogP contribution in [0.25, 0.3) is 0 Å². The fourth-order valence-corrected chi connectivity index (χ4v) is 2.71. The topological polar surface area (TPSA) is 41.1 Å². The molecule has 0 spiro atoms. The number of rotatable bonds is 6. The van der Waals surface area contributed by atoms with Gasteiger partial charge in [0, 0.05) is 30.4 Å². The largest absolute Gasteiger partial charge is 0.370 e. The van der Waals surface area contributed by atoms with Gasteiger partial charge in [-0.3, -0.25) is 0 Å². The Morgan fingerprint density at radius 1 is 1.00 bits per heavy atom. The first-order valence-corrected chi connectivity index (χ1v) is 8.62. The SMILES string of the molecule is Cc1nc(NCCc2ccc(Cl)cc2)cc(N(C)c2ccccc2)n1. The maximum atomic E-state index is 5.92. The standard InChI is InChI=1S/C20H21ClN4/c1-15-23-19(22-13-12-16-8-10-17(21)11-9-16)14-20(24-15)25(2)18-6-4-3-5-7-18/h3-11,14H,12-13H2,1-2H3,(H,22,23,24). The first-order valence-electron chi connectivity index (χ1n) is 8.24. The number of hydrogen-bond acceptors (Lipinski definition) is 4. The van der Waals surface area contributed by atoms with Gasteiger partial charge in [-0.1, -0.05) is 41.9 Å². The Hall–Kier alpha value is -2.59. The lowest BCUT2D eigenvalue weighted by molar-refractivity contribution is 0.970. The third-order valence-electron chi connectivity index (χ3n) is 3.94. The number of aromatic nitrogens is 2. The van der Waals surface area contributed by atoms with Crippen LogP contribution >= 0.6 is 11.6 Å². The first-order chi connectivity index (χ1) is 12.1. The number of nitrogens with zero attached hydrogens (tertiary/aromatic N) is 3. The zero-order valence-corrected chi connectivity index (χ0v) is 15.2. The van der Waals surface area contributed by atoms with Gasteiger partial charge in [0.15, 0.2) is 0 Å². The molecule has 0 unspecified atom stereocenters. The first kappa shape index (κ1) is 17.2. The molecule has 1 aromatic heterocycles. The van der Waals surface area contributed by atoms with Crippen LogP contribution in [0.4, 0.5) is 17.3 Å². The zero-order chi connectivity index (χ0) is 17.6. The van der Waals surface area contributed by atoms with Crippen molar-refractivity contribution < 1.29 is 0 Å². The average Bonchev–Trinajstić information content (AvgIpc) is 2.63. The lowest BCUT2D eigenvalue weighted by Gasteiger charge is -2.19. The monoisotopic (exact) mass is 352 g/mol. The molecule has 0 bridgehead atoms. The molecule has 128 valence electrons. The summed E-state index contributed by atoms with van der Waals surface area (Å²) in [6.45, 7) is 2.71. The fraction of sp³-hybridized carbons (Fsp3) is 0.200. The molecule has 0 aliphatic carbocycles. The predicted molar refractivity (Wildman–Crippen MR) is 105 cm³/mol. The summed E-state index contributed by atoms with van der Waals surface area (Å²) < 4.78 is 0. The summed E-state index contributed by atoms with van der Waals surface area (Å²) >= 11 is 5.92. The van der Waals surface area contributed by atoms with Crippen LogP contribution in [0, 0.1) is 6.92 Å². The minimum atomic E-state index is 0.745. The summed E-state index contributed by atoms with van der Waals surface area (Å²) in [6, 6.07) is 20.1. The second kappa shape index (κ2) is 7.99. The second-order valence-corrected chi connectivity index (χ2v) is 6.29. The van der Waals surface area contributed by atoms with Crippen molar-refractivity contribution in [1.29, 1.82) is 0 Å². The molecule has 0 aliphatic heterocycles. The number of hydrogen-bond donors (Lipinski definition) is 1. The van der Waals surface area contributed by atoms with E-state index >= 15 is 0 Å². The summed E-state index contributed by atoms with van der Waals surface area (Å²) in [7, 11) is 2.01. The molecule has 25 heavy (non-hydrogen) atoms. The summed E-state index contributed by atoms with van der Waals surface area (Å²) in [6.07, 6.45) is 0.907. The number of aryl methyl sites for hydroxylation is 1. The molecule has 5 heteroatoms. The maximum absolute atomic E-state index is 5.92. The van der Waals surface area contributed by atoms with Gasteiger partial charge in [0.05, 0.1) is 0 Å². The van der Waals surface area contributed by atoms with E-state index in [1.807, 2.05) is 62.5 Å². The van der Waals surface area contributed by atoms with Gasteiger partial charge in [-0.15, -0.1) is 0 Å². The number of para-hydroxylation sites is 1. The lowest BCUT2D eigenvalue weighted by Crippen LogP contribution is -2.14. The van der Waals surface area contributed by atoms with E-state index in [2.05, 4.69) is 32.3 Å². The molecule has 0 fully saturated rings. The van der Waals surface area contributed by atoms with Gasteiger partial charge < -0.3 is 10.2 Å². The molecule has 1 heterocycles. The molecule has 0 amide bonds. The Morgan fingerprint density at radius 2 is 1.72 bits per heavy atom. The van der Waals surface area contributed by atoms with E-state index in [0.717, 1.165) is 41.1 Å². The van der Waals surface area contributed by atoms with Crippen molar-refractivity contribution in [2.45, 2.75) is 13.3 Å². The Balaban J connectivity index is 1.68. The van der Waals surface area contributed by atoms with Crippen molar-refractivity contribution >= 4 is 28.9 Å². The summed E-state index contributed by atoms with van der Waals surface area (Å²) in [4.78, 5) is 11.1. The van der Waals surface area contributed by atoms with Crippen LogP contribution in [0.3, 0.4) is 0 Å². The van der Waals surface area contributed by atoms with Gasteiger partial charge in [-0.25, -0.2) is 9.97 Å². The van der Waals surface area contributed by atoms with Crippen molar-refractivity contribution in [3.63, 3.8) is 0 Å². The molecular formula is C20H21ClN4. The highest BCUT2D eigenvalue weighted by atomic mass is 35.5. The van der Waals surface area contributed by atoms with Crippen molar-refractivity contribution in [3.05, 3.63) is 77.1 Å². The van der Waals surface area contributed by atoms with Gasteiger partial charge >= 0.3 is 0 Å². The molecular weight excluding hydrogens is 332 g/mol. The summed E-state index contributed by atoms with van der Waals surface area (Å²) in [5.41, 5.74) is 2.33. The van der Waals surface area contributed by atoms with E-state index in [9.17, 15) is 0 Å². The summed E-state index contributed by atoms with van der Waals surface area (Å²) in [5.74, 6) is 2.45. The van der Waals surface area contributed by atoms with Gasteiger partial charge in [0.1, 0.15) is 17.5 Å². The molecule has 0 radical (unpaired) electrons. The smallest absolute Gasteiger partial charge is 0.138 e. The van der Waals surface area contributed by atoms with Crippen LogP contribution in [0.1, 0.15) is 11.4 Å². The van der Waals surface area contributed by atoms with Crippen LogP contribution < -0.4 is 10.2 Å².